The van der Waals surface area contributed by atoms with Gasteiger partial charge in [0.1, 0.15) is 5.54 Å². The van der Waals surface area contributed by atoms with Crippen LogP contribution in [0.1, 0.15) is 16.7 Å². The molecule has 1 aliphatic rings. The summed E-state index contributed by atoms with van der Waals surface area (Å²) in [5.74, 6) is -1.52. The van der Waals surface area contributed by atoms with Crippen LogP contribution < -0.4 is 11.1 Å². The maximum Gasteiger partial charge on any atom is 0.330 e. The number of carboxylic acids is 1. The summed E-state index contributed by atoms with van der Waals surface area (Å²) < 4.78 is 0. The summed E-state index contributed by atoms with van der Waals surface area (Å²) in [5, 5.41) is 13.4. The Morgan fingerprint density at radius 2 is 1.59 bits per heavy atom. The quantitative estimate of drug-likeness (QED) is 0.506. The molecule has 4 rings (SSSR count). The van der Waals surface area contributed by atoms with E-state index in [2.05, 4.69) is 5.32 Å². The van der Waals surface area contributed by atoms with Gasteiger partial charge in [0.15, 0.2) is 0 Å². The van der Waals surface area contributed by atoms with Gasteiger partial charge in [0.25, 0.3) is 0 Å². The zero-order valence-corrected chi connectivity index (χ0v) is 18.8. The van der Waals surface area contributed by atoms with Crippen molar-refractivity contribution in [3.05, 3.63) is 94.5 Å². The second-order valence-electron chi connectivity index (χ2n) is 8.02. The van der Waals surface area contributed by atoms with Crippen molar-refractivity contribution in [2.24, 2.45) is 5.73 Å². The Kier molecular flexibility index (Phi) is 7.24. The number of carbonyl (C=O) groups excluding carboxylic acids is 1. The van der Waals surface area contributed by atoms with Crippen LogP contribution in [0.4, 0.5) is 0 Å². The summed E-state index contributed by atoms with van der Waals surface area (Å²) in [4.78, 5) is 25.0. The smallest absolute Gasteiger partial charge is 0.330 e. The number of amides is 1. The topological polar surface area (TPSA) is 92.4 Å². The van der Waals surface area contributed by atoms with Gasteiger partial charge in [-0.15, -0.1) is 12.4 Å². The zero-order valence-electron chi connectivity index (χ0n) is 17.3. The van der Waals surface area contributed by atoms with Crippen LogP contribution in [0, 0.1) is 0 Å². The molecule has 0 saturated carbocycles. The van der Waals surface area contributed by atoms with E-state index < -0.39 is 23.5 Å². The van der Waals surface area contributed by atoms with Gasteiger partial charge < -0.3 is 16.2 Å². The van der Waals surface area contributed by atoms with Crippen LogP contribution in [-0.4, -0.2) is 28.6 Å². The number of nitrogens with two attached hydrogens (primary N) is 1. The number of hydrogen-bond acceptors (Lipinski definition) is 3. The highest BCUT2D eigenvalue weighted by atomic mass is 35.5. The van der Waals surface area contributed by atoms with Crippen molar-refractivity contribution in [3.8, 4) is 11.1 Å². The number of fused-ring (bicyclic) bond motifs is 1. The summed E-state index contributed by atoms with van der Waals surface area (Å²) in [7, 11) is 0. The standard InChI is InChI=1S/C25H23ClN2O3.ClH/c26-21-10-8-17(9-11-21)18-6-7-19-14-25(24(30)31,15-20(19)13-18)28-23(29)22(27)12-16-4-2-1-3-5-16;/h1-11,13,22H,12,14-15,27H2,(H,28,29)(H,30,31);1H/t22-,25?;/m0./s1. The van der Waals surface area contributed by atoms with Crippen molar-refractivity contribution in [1.29, 1.82) is 0 Å². The second-order valence-corrected chi connectivity index (χ2v) is 8.45. The Morgan fingerprint density at radius 3 is 2.25 bits per heavy atom. The fourth-order valence-corrected chi connectivity index (χ4v) is 4.21. The lowest BCUT2D eigenvalue weighted by Gasteiger charge is -2.27. The van der Waals surface area contributed by atoms with Crippen LogP contribution in [0.25, 0.3) is 11.1 Å². The SMILES string of the molecule is Cl.N[C@@H](Cc1ccccc1)C(=O)NC1(C(=O)O)Cc2ccc(-c3ccc(Cl)cc3)cc2C1. The zero-order chi connectivity index (χ0) is 22.0. The Bertz CT molecular complexity index is 1120. The van der Waals surface area contributed by atoms with Gasteiger partial charge in [0.2, 0.25) is 5.91 Å². The molecule has 0 saturated heterocycles. The van der Waals surface area contributed by atoms with E-state index in [9.17, 15) is 14.7 Å². The summed E-state index contributed by atoms with van der Waals surface area (Å²) in [6.45, 7) is 0. The molecule has 1 aliphatic carbocycles. The first kappa shape index (κ1) is 23.8. The number of aliphatic carboxylic acids is 1. The number of nitrogens with one attached hydrogen (secondary N) is 1. The number of benzene rings is 3. The first-order chi connectivity index (χ1) is 14.9. The number of rotatable bonds is 6. The first-order valence-electron chi connectivity index (χ1n) is 10.1. The lowest BCUT2D eigenvalue weighted by atomic mass is 9.94. The molecule has 4 N–H and O–H groups in total. The summed E-state index contributed by atoms with van der Waals surface area (Å²) in [6, 6.07) is 22.0. The number of halogens is 2. The van der Waals surface area contributed by atoms with Gasteiger partial charge in [-0.3, -0.25) is 4.79 Å². The van der Waals surface area contributed by atoms with Crippen molar-refractivity contribution >= 4 is 35.9 Å². The third kappa shape index (κ3) is 4.96. The fourth-order valence-electron chi connectivity index (χ4n) is 4.08. The molecule has 2 atom stereocenters. The molecule has 166 valence electrons. The van der Waals surface area contributed by atoms with Crippen LogP contribution in [0.15, 0.2) is 72.8 Å². The minimum Gasteiger partial charge on any atom is -0.479 e. The highest BCUT2D eigenvalue weighted by molar-refractivity contribution is 6.30. The minimum atomic E-state index is -1.40. The van der Waals surface area contributed by atoms with Gasteiger partial charge in [0.05, 0.1) is 6.04 Å². The molecule has 3 aromatic carbocycles. The summed E-state index contributed by atoms with van der Waals surface area (Å²) >= 11 is 5.97. The molecule has 0 aromatic heterocycles. The van der Waals surface area contributed by atoms with E-state index in [1.807, 2.05) is 72.8 Å². The van der Waals surface area contributed by atoms with Crippen molar-refractivity contribution in [2.45, 2.75) is 30.8 Å². The summed E-state index contributed by atoms with van der Waals surface area (Å²) in [6.07, 6.45) is 0.779. The minimum absolute atomic E-state index is 0. The maximum atomic E-state index is 12.8. The van der Waals surface area contributed by atoms with Gasteiger partial charge in [0, 0.05) is 17.9 Å². The lowest BCUT2D eigenvalue weighted by molar-refractivity contribution is -0.147. The third-order valence-corrected chi connectivity index (χ3v) is 6.03. The molecule has 0 aliphatic heterocycles. The molecule has 1 amide bonds. The number of hydrogen-bond donors (Lipinski definition) is 3. The van der Waals surface area contributed by atoms with Crippen molar-refractivity contribution < 1.29 is 14.7 Å². The molecule has 5 nitrogen and oxygen atoms in total. The maximum absolute atomic E-state index is 12.8. The van der Waals surface area contributed by atoms with Crippen molar-refractivity contribution in [2.75, 3.05) is 0 Å². The Hall–Kier alpha value is -2.86. The average molecular weight is 471 g/mol. The van der Waals surface area contributed by atoms with Gasteiger partial charge in [-0.1, -0.05) is 72.3 Å². The van der Waals surface area contributed by atoms with Crippen LogP contribution in [0.3, 0.4) is 0 Å². The molecule has 0 spiro atoms. The van der Waals surface area contributed by atoms with Gasteiger partial charge >= 0.3 is 5.97 Å². The highest BCUT2D eigenvalue weighted by Gasteiger charge is 2.46. The van der Waals surface area contributed by atoms with E-state index in [4.69, 9.17) is 17.3 Å². The van der Waals surface area contributed by atoms with Crippen LogP contribution >= 0.6 is 24.0 Å². The molecule has 1 unspecified atom stereocenters. The van der Waals surface area contributed by atoms with Crippen LogP contribution in [0.5, 0.6) is 0 Å². The number of carboxylic acid groups (broad SMARTS) is 1. The second kappa shape index (κ2) is 9.74. The Labute approximate surface area is 198 Å². The molecule has 32 heavy (non-hydrogen) atoms. The van der Waals surface area contributed by atoms with Crippen molar-refractivity contribution in [1.82, 2.24) is 5.32 Å². The molecular weight excluding hydrogens is 447 g/mol. The van der Waals surface area contributed by atoms with E-state index in [1.54, 1.807) is 0 Å². The molecular formula is C25H24Cl2N2O3. The van der Waals surface area contributed by atoms with Gasteiger partial charge in [-0.25, -0.2) is 4.79 Å². The monoisotopic (exact) mass is 470 g/mol. The molecule has 0 bridgehead atoms. The molecule has 0 radical (unpaired) electrons. The van der Waals surface area contributed by atoms with Crippen LogP contribution in [0.2, 0.25) is 5.02 Å². The van der Waals surface area contributed by atoms with E-state index in [0.717, 1.165) is 27.8 Å². The van der Waals surface area contributed by atoms with Crippen molar-refractivity contribution in [3.63, 3.8) is 0 Å². The average Bonchev–Trinajstić information content (AvgIpc) is 3.13. The lowest BCUT2D eigenvalue weighted by Crippen LogP contribution is -2.59. The normalized spacial score (nSPS) is 17.7. The molecule has 0 heterocycles. The van der Waals surface area contributed by atoms with E-state index in [-0.39, 0.29) is 25.2 Å². The predicted molar refractivity (Wildman–Crippen MR) is 128 cm³/mol. The highest BCUT2D eigenvalue weighted by Crippen LogP contribution is 2.34. The van der Waals surface area contributed by atoms with Gasteiger partial charge in [-0.05, 0) is 46.4 Å². The Morgan fingerprint density at radius 1 is 0.969 bits per heavy atom. The third-order valence-electron chi connectivity index (χ3n) is 5.78. The Balaban J connectivity index is 0.00000289. The molecule has 0 fully saturated rings. The molecule has 3 aromatic rings. The van der Waals surface area contributed by atoms with E-state index in [0.29, 0.717) is 11.4 Å². The molecule has 7 heteroatoms. The van der Waals surface area contributed by atoms with E-state index in [1.165, 1.54) is 0 Å². The van der Waals surface area contributed by atoms with E-state index >= 15 is 0 Å². The largest absolute Gasteiger partial charge is 0.479 e. The number of carbonyl (C=O) groups is 2. The summed E-state index contributed by atoms with van der Waals surface area (Å²) in [5.41, 5.74) is 9.41. The predicted octanol–water partition coefficient (Wildman–Crippen LogP) is 4.04. The van der Waals surface area contributed by atoms with Crippen LogP contribution in [-0.2, 0) is 28.9 Å². The van der Waals surface area contributed by atoms with Gasteiger partial charge in [-0.2, -0.15) is 0 Å². The first-order valence-corrected chi connectivity index (χ1v) is 10.5. The fraction of sp³-hybridized carbons (Fsp3) is 0.200.